The molecular formula is C25H22Cl2N2O2S. The van der Waals surface area contributed by atoms with Crippen molar-refractivity contribution in [3.63, 3.8) is 0 Å². The van der Waals surface area contributed by atoms with E-state index in [0.717, 1.165) is 21.6 Å². The van der Waals surface area contributed by atoms with Gasteiger partial charge in [0.25, 0.3) is 5.91 Å². The van der Waals surface area contributed by atoms with E-state index in [2.05, 4.69) is 24.1 Å². The molecule has 3 aromatic carbocycles. The van der Waals surface area contributed by atoms with Gasteiger partial charge in [-0.15, -0.1) is 11.3 Å². The van der Waals surface area contributed by atoms with E-state index < -0.39 is 0 Å². The molecule has 0 aliphatic rings. The zero-order valence-corrected chi connectivity index (χ0v) is 20.0. The molecule has 0 bridgehead atoms. The maximum atomic E-state index is 12.7. The number of halogens is 2. The Morgan fingerprint density at radius 1 is 1.12 bits per heavy atom. The van der Waals surface area contributed by atoms with Crippen molar-refractivity contribution in [1.29, 1.82) is 0 Å². The first-order valence-corrected chi connectivity index (χ1v) is 11.9. The molecule has 0 fully saturated rings. The number of carbonyl (C=O) groups is 1. The molecule has 0 radical (unpaired) electrons. The second-order valence-corrected chi connectivity index (χ2v) is 9.39. The van der Waals surface area contributed by atoms with Crippen molar-refractivity contribution >= 4 is 56.3 Å². The number of hydrogen-bond donors (Lipinski definition) is 1. The van der Waals surface area contributed by atoms with Crippen molar-refractivity contribution in [2.24, 2.45) is 0 Å². The van der Waals surface area contributed by atoms with E-state index in [1.807, 2.05) is 48.5 Å². The van der Waals surface area contributed by atoms with Crippen LogP contribution in [0, 0.1) is 0 Å². The van der Waals surface area contributed by atoms with E-state index in [1.54, 1.807) is 12.1 Å². The van der Waals surface area contributed by atoms with E-state index in [0.29, 0.717) is 33.0 Å². The van der Waals surface area contributed by atoms with Gasteiger partial charge in [-0.2, -0.15) is 0 Å². The zero-order chi connectivity index (χ0) is 22.7. The topological polar surface area (TPSA) is 51.2 Å². The van der Waals surface area contributed by atoms with Gasteiger partial charge in [-0.3, -0.25) is 4.79 Å². The molecule has 164 valence electrons. The number of fused-ring (bicyclic) bond motifs is 1. The van der Waals surface area contributed by atoms with Crippen molar-refractivity contribution in [2.45, 2.75) is 26.2 Å². The molecule has 1 aromatic heterocycles. The van der Waals surface area contributed by atoms with Crippen molar-refractivity contribution in [1.82, 2.24) is 4.98 Å². The lowest BCUT2D eigenvalue weighted by molar-refractivity contribution is -0.118. The Bertz CT molecular complexity index is 1220. The maximum Gasteiger partial charge on any atom is 0.262 e. The highest BCUT2D eigenvalue weighted by Gasteiger charge is 2.17. The van der Waals surface area contributed by atoms with Crippen molar-refractivity contribution in [2.75, 3.05) is 11.9 Å². The van der Waals surface area contributed by atoms with Crippen molar-refractivity contribution in [3.8, 4) is 16.3 Å². The second kappa shape index (κ2) is 9.90. The summed E-state index contributed by atoms with van der Waals surface area (Å²) in [6.07, 6.45) is 1.07. The first kappa shape index (κ1) is 22.6. The summed E-state index contributed by atoms with van der Waals surface area (Å²) in [7, 11) is 0. The number of anilines is 1. The molecular weight excluding hydrogens is 463 g/mol. The smallest absolute Gasteiger partial charge is 0.262 e. The van der Waals surface area contributed by atoms with Crippen LogP contribution in [0.4, 0.5) is 5.69 Å². The van der Waals surface area contributed by atoms with Crippen molar-refractivity contribution < 1.29 is 9.53 Å². The molecule has 0 unspecified atom stereocenters. The summed E-state index contributed by atoms with van der Waals surface area (Å²) in [6, 6.07) is 19.0. The number of nitrogens with one attached hydrogen (secondary N) is 1. The number of benzene rings is 3. The number of hydrogen-bond acceptors (Lipinski definition) is 4. The number of ether oxygens (including phenoxy) is 1. The summed E-state index contributed by atoms with van der Waals surface area (Å²) in [5.74, 6) is 0.809. The van der Waals surface area contributed by atoms with Crippen LogP contribution in [0.15, 0.2) is 60.7 Å². The van der Waals surface area contributed by atoms with Crippen LogP contribution in [0.2, 0.25) is 10.0 Å². The fourth-order valence-corrected chi connectivity index (χ4v) is 4.84. The van der Waals surface area contributed by atoms with Crippen LogP contribution in [0.3, 0.4) is 0 Å². The molecule has 4 aromatic rings. The molecule has 0 aliphatic heterocycles. The third-order valence-corrected chi connectivity index (χ3v) is 6.86. The summed E-state index contributed by atoms with van der Waals surface area (Å²) in [5, 5.41) is 4.42. The molecule has 32 heavy (non-hydrogen) atoms. The molecule has 0 saturated carbocycles. The van der Waals surface area contributed by atoms with Crippen LogP contribution in [0.25, 0.3) is 20.8 Å². The molecule has 1 atom stereocenters. The average molecular weight is 485 g/mol. The fourth-order valence-electron chi connectivity index (χ4n) is 3.31. The number of nitrogens with zero attached hydrogens (tertiary/aromatic N) is 1. The zero-order valence-electron chi connectivity index (χ0n) is 17.7. The SMILES string of the molecule is CC[C@@H](C)c1ccc(OCC(=O)Nc2c(Cl)cc(Cl)cc2-c2nc3ccccc3s2)cc1. The van der Waals surface area contributed by atoms with Gasteiger partial charge in [-0.25, -0.2) is 4.98 Å². The summed E-state index contributed by atoms with van der Waals surface area (Å²) < 4.78 is 6.71. The van der Waals surface area contributed by atoms with Gasteiger partial charge in [0.1, 0.15) is 10.8 Å². The van der Waals surface area contributed by atoms with Crippen LogP contribution >= 0.6 is 34.5 Å². The number of amides is 1. The molecule has 1 heterocycles. The fraction of sp³-hybridized carbons (Fsp3) is 0.200. The number of para-hydroxylation sites is 1. The highest BCUT2D eigenvalue weighted by Crippen LogP contribution is 2.40. The van der Waals surface area contributed by atoms with Crippen LogP contribution < -0.4 is 10.1 Å². The summed E-state index contributed by atoms with van der Waals surface area (Å²) >= 11 is 14.2. The van der Waals surface area contributed by atoms with Crippen LogP contribution in [0.1, 0.15) is 31.7 Å². The summed E-state index contributed by atoms with van der Waals surface area (Å²) in [5.41, 5.74) is 3.27. The Hall–Kier alpha value is -2.60. The van der Waals surface area contributed by atoms with Crippen molar-refractivity contribution in [3.05, 3.63) is 76.3 Å². The Morgan fingerprint density at radius 2 is 1.88 bits per heavy atom. The van der Waals surface area contributed by atoms with E-state index in [4.69, 9.17) is 27.9 Å². The highest BCUT2D eigenvalue weighted by atomic mass is 35.5. The lowest BCUT2D eigenvalue weighted by atomic mass is 9.99. The van der Waals surface area contributed by atoms with E-state index in [1.165, 1.54) is 16.9 Å². The molecule has 1 amide bonds. The van der Waals surface area contributed by atoms with Gasteiger partial charge in [-0.1, -0.05) is 61.3 Å². The minimum atomic E-state index is -0.317. The molecule has 0 saturated heterocycles. The van der Waals surface area contributed by atoms with Crippen LogP contribution in [-0.4, -0.2) is 17.5 Å². The third-order valence-electron chi connectivity index (χ3n) is 5.28. The average Bonchev–Trinajstić information content (AvgIpc) is 3.23. The largest absolute Gasteiger partial charge is 0.484 e. The highest BCUT2D eigenvalue weighted by molar-refractivity contribution is 7.21. The van der Waals surface area contributed by atoms with E-state index >= 15 is 0 Å². The maximum absolute atomic E-state index is 12.7. The predicted molar refractivity (Wildman–Crippen MR) is 134 cm³/mol. The minimum Gasteiger partial charge on any atom is -0.484 e. The van der Waals surface area contributed by atoms with Gasteiger partial charge < -0.3 is 10.1 Å². The number of rotatable bonds is 7. The third kappa shape index (κ3) is 5.07. The molecule has 4 rings (SSSR count). The number of thiazole rings is 1. The first-order chi connectivity index (χ1) is 15.4. The standard InChI is InChI=1S/C25H22Cl2N2O2S/c1-3-15(2)16-8-10-18(11-9-16)31-14-23(30)29-24-19(12-17(26)13-20(24)27)25-28-21-6-4-5-7-22(21)32-25/h4-13,15H,3,14H2,1-2H3,(H,29,30)/t15-/m1/s1. The lowest BCUT2D eigenvalue weighted by Gasteiger charge is -2.13. The number of aromatic nitrogens is 1. The molecule has 0 aliphatic carbocycles. The molecule has 7 heteroatoms. The van der Waals surface area contributed by atoms with Crippen LogP contribution in [-0.2, 0) is 4.79 Å². The predicted octanol–water partition coefficient (Wildman–Crippen LogP) is 7.80. The summed E-state index contributed by atoms with van der Waals surface area (Å²) in [4.78, 5) is 17.3. The Labute approximate surface area is 201 Å². The Balaban J connectivity index is 1.52. The van der Waals surface area contributed by atoms with E-state index in [-0.39, 0.29) is 12.5 Å². The minimum absolute atomic E-state index is 0.138. The molecule has 4 nitrogen and oxygen atoms in total. The second-order valence-electron chi connectivity index (χ2n) is 7.51. The summed E-state index contributed by atoms with van der Waals surface area (Å²) in [6.45, 7) is 4.20. The van der Waals surface area contributed by atoms with Crippen LogP contribution in [0.5, 0.6) is 5.75 Å². The number of carbonyl (C=O) groups excluding carboxylic acids is 1. The molecule has 0 spiro atoms. The van der Waals surface area contributed by atoms with Gasteiger partial charge in [0.15, 0.2) is 6.61 Å². The monoisotopic (exact) mass is 484 g/mol. The van der Waals surface area contributed by atoms with Gasteiger partial charge in [-0.05, 0) is 54.3 Å². The molecule has 1 N–H and O–H groups in total. The van der Waals surface area contributed by atoms with Gasteiger partial charge in [0, 0.05) is 10.6 Å². The van der Waals surface area contributed by atoms with Gasteiger partial charge >= 0.3 is 0 Å². The van der Waals surface area contributed by atoms with Gasteiger partial charge in [0.2, 0.25) is 0 Å². The van der Waals surface area contributed by atoms with Gasteiger partial charge in [0.05, 0.1) is 20.9 Å². The first-order valence-electron chi connectivity index (χ1n) is 10.3. The Kier molecular flexibility index (Phi) is 6.99. The van der Waals surface area contributed by atoms with E-state index in [9.17, 15) is 4.79 Å². The Morgan fingerprint density at radius 3 is 2.59 bits per heavy atom. The quantitative estimate of drug-likeness (QED) is 0.291. The normalized spacial score (nSPS) is 12.0. The lowest BCUT2D eigenvalue weighted by Crippen LogP contribution is -2.20.